The van der Waals surface area contributed by atoms with Crippen LogP contribution in [0.5, 0.6) is 0 Å². The molecular weight excluding hydrogens is 162 g/mol. The van der Waals surface area contributed by atoms with Gasteiger partial charge in [0, 0.05) is 6.42 Å². The monoisotopic (exact) mass is 177 g/mol. The zero-order valence-corrected chi connectivity index (χ0v) is 8.05. The van der Waals surface area contributed by atoms with E-state index in [2.05, 4.69) is 6.07 Å². The Bertz CT molecular complexity index is 262. The predicted molar refractivity (Wildman–Crippen MR) is 51.0 cm³/mol. The van der Waals surface area contributed by atoms with E-state index in [0.29, 0.717) is 12.8 Å². The van der Waals surface area contributed by atoms with Crippen LogP contribution < -0.4 is 0 Å². The van der Waals surface area contributed by atoms with Crippen LogP contribution in [0.25, 0.3) is 0 Å². The summed E-state index contributed by atoms with van der Waals surface area (Å²) in [7, 11) is 0. The smallest absolute Gasteiger partial charge is 0.153 e. The highest BCUT2D eigenvalue weighted by atomic mass is 16.1. The molecule has 13 heavy (non-hydrogen) atoms. The molecular formula is C11H15NO. The van der Waals surface area contributed by atoms with Gasteiger partial charge in [0.1, 0.15) is 5.41 Å². The van der Waals surface area contributed by atoms with Crippen molar-refractivity contribution in [1.29, 1.82) is 5.26 Å². The SMILES string of the molecule is CC/C=C/CC1(C#N)CCCC1=O. The fourth-order valence-corrected chi connectivity index (χ4v) is 1.76. The van der Waals surface area contributed by atoms with E-state index in [1.807, 2.05) is 19.1 Å². The van der Waals surface area contributed by atoms with Crippen molar-refractivity contribution in [3.8, 4) is 6.07 Å². The van der Waals surface area contributed by atoms with E-state index in [-0.39, 0.29) is 5.78 Å². The number of nitriles is 1. The van der Waals surface area contributed by atoms with Crippen LogP contribution in [0.15, 0.2) is 12.2 Å². The molecule has 1 aliphatic carbocycles. The summed E-state index contributed by atoms with van der Waals surface area (Å²) < 4.78 is 0. The fraction of sp³-hybridized carbons (Fsp3) is 0.636. The number of hydrogen-bond acceptors (Lipinski definition) is 2. The lowest BCUT2D eigenvalue weighted by Gasteiger charge is -2.15. The molecule has 1 aliphatic rings. The second-order valence-electron chi connectivity index (χ2n) is 3.55. The molecule has 0 aromatic rings. The van der Waals surface area contributed by atoms with E-state index in [1.165, 1.54) is 0 Å². The van der Waals surface area contributed by atoms with Crippen LogP contribution in [-0.4, -0.2) is 5.78 Å². The molecule has 1 saturated carbocycles. The largest absolute Gasteiger partial charge is 0.298 e. The quantitative estimate of drug-likeness (QED) is 0.622. The minimum absolute atomic E-state index is 0.135. The van der Waals surface area contributed by atoms with Crippen molar-refractivity contribution in [3.05, 3.63) is 12.2 Å². The molecule has 0 spiro atoms. The molecule has 1 rings (SSSR count). The van der Waals surface area contributed by atoms with Gasteiger partial charge in [0.15, 0.2) is 5.78 Å². The maximum absolute atomic E-state index is 11.5. The van der Waals surface area contributed by atoms with Crippen LogP contribution >= 0.6 is 0 Å². The number of allylic oxidation sites excluding steroid dienone is 2. The zero-order valence-electron chi connectivity index (χ0n) is 8.05. The summed E-state index contributed by atoms with van der Waals surface area (Å²) in [6.45, 7) is 2.05. The van der Waals surface area contributed by atoms with Crippen LogP contribution in [0.3, 0.4) is 0 Å². The van der Waals surface area contributed by atoms with Gasteiger partial charge in [0.25, 0.3) is 0 Å². The maximum atomic E-state index is 11.5. The summed E-state index contributed by atoms with van der Waals surface area (Å²) in [5, 5.41) is 8.98. The number of carbonyl (C=O) groups is 1. The molecule has 2 heteroatoms. The number of rotatable bonds is 3. The molecule has 0 amide bonds. The predicted octanol–water partition coefficient (Wildman–Crippen LogP) is 2.61. The van der Waals surface area contributed by atoms with Gasteiger partial charge in [0.05, 0.1) is 6.07 Å². The summed E-state index contributed by atoms with van der Waals surface area (Å²) in [6.07, 6.45) is 7.78. The van der Waals surface area contributed by atoms with Crippen LogP contribution in [0.4, 0.5) is 0 Å². The Labute approximate surface area is 79.2 Å². The third-order valence-corrected chi connectivity index (χ3v) is 2.62. The molecule has 0 saturated heterocycles. The second-order valence-corrected chi connectivity index (χ2v) is 3.55. The van der Waals surface area contributed by atoms with Gasteiger partial charge in [-0.1, -0.05) is 19.1 Å². The summed E-state index contributed by atoms with van der Waals surface area (Å²) in [4.78, 5) is 11.5. The van der Waals surface area contributed by atoms with Gasteiger partial charge in [-0.25, -0.2) is 0 Å². The van der Waals surface area contributed by atoms with Gasteiger partial charge in [-0.3, -0.25) is 4.79 Å². The van der Waals surface area contributed by atoms with Crippen molar-refractivity contribution < 1.29 is 4.79 Å². The van der Waals surface area contributed by atoms with Crippen LogP contribution in [0.2, 0.25) is 0 Å². The molecule has 1 unspecified atom stereocenters. The van der Waals surface area contributed by atoms with Crippen LogP contribution in [0.1, 0.15) is 39.0 Å². The third kappa shape index (κ3) is 1.98. The van der Waals surface area contributed by atoms with Crippen molar-refractivity contribution in [3.63, 3.8) is 0 Å². The molecule has 0 bridgehead atoms. The third-order valence-electron chi connectivity index (χ3n) is 2.62. The molecule has 0 N–H and O–H groups in total. The van der Waals surface area contributed by atoms with E-state index in [1.54, 1.807) is 0 Å². The Morgan fingerprint density at radius 3 is 2.85 bits per heavy atom. The Kier molecular flexibility index (Phi) is 3.25. The molecule has 0 aromatic carbocycles. The molecule has 1 fully saturated rings. The summed E-state index contributed by atoms with van der Waals surface area (Å²) in [5.74, 6) is 0.135. The normalized spacial score (nSPS) is 28.2. The van der Waals surface area contributed by atoms with E-state index in [4.69, 9.17) is 5.26 Å². The first-order chi connectivity index (χ1) is 6.25. The molecule has 70 valence electrons. The lowest BCUT2D eigenvalue weighted by molar-refractivity contribution is -0.123. The minimum Gasteiger partial charge on any atom is -0.298 e. The highest BCUT2D eigenvalue weighted by Gasteiger charge is 2.40. The number of nitrogens with zero attached hydrogens (tertiary/aromatic N) is 1. The summed E-state index contributed by atoms with van der Waals surface area (Å²) in [6, 6.07) is 2.19. The molecule has 0 aromatic heterocycles. The highest BCUT2D eigenvalue weighted by molar-refractivity contribution is 5.89. The average molecular weight is 177 g/mol. The maximum Gasteiger partial charge on any atom is 0.153 e. The van der Waals surface area contributed by atoms with Gasteiger partial charge >= 0.3 is 0 Å². The van der Waals surface area contributed by atoms with Crippen molar-refractivity contribution in [2.75, 3.05) is 0 Å². The molecule has 1 atom stereocenters. The Morgan fingerprint density at radius 2 is 2.38 bits per heavy atom. The number of carbonyl (C=O) groups excluding carboxylic acids is 1. The summed E-state index contributed by atoms with van der Waals surface area (Å²) >= 11 is 0. The number of Topliss-reactive ketones (excluding diaryl/α,β-unsaturated/α-hetero) is 1. The van der Waals surface area contributed by atoms with Crippen molar-refractivity contribution >= 4 is 5.78 Å². The molecule has 0 heterocycles. The first-order valence-corrected chi connectivity index (χ1v) is 4.85. The van der Waals surface area contributed by atoms with Gasteiger partial charge < -0.3 is 0 Å². The number of ketones is 1. The van der Waals surface area contributed by atoms with Crippen molar-refractivity contribution in [2.45, 2.75) is 39.0 Å². The Balaban J connectivity index is 2.66. The van der Waals surface area contributed by atoms with E-state index >= 15 is 0 Å². The van der Waals surface area contributed by atoms with E-state index in [0.717, 1.165) is 19.3 Å². The topological polar surface area (TPSA) is 40.9 Å². The lowest BCUT2D eigenvalue weighted by Crippen LogP contribution is -2.22. The second kappa shape index (κ2) is 4.23. The van der Waals surface area contributed by atoms with Gasteiger partial charge in [-0.05, 0) is 25.7 Å². The molecule has 0 aliphatic heterocycles. The Morgan fingerprint density at radius 1 is 1.62 bits per heavy atom. The minimum atomic E-state index is -0.675. The molecule has 0 radical (unpaired) electrons. The van der Waals surface area contributed by atoms with Crippen molar-refractivity contribution in [1.82, 2.24) is 0 Å². The van der Waals surface area contributed by atoms with E-state index < -0.39 is 5.41 Å². The zero-order chi connectivity index (χ0) is 9.73. The van der Waals surface area contributed by atoms with Crippen LogP contribution in [-0.2, 0) is 4.79 Å². The van der Waals surface area contributed by atoms with Crippen molar-refractivity contribution in [2.24, 2.45) is 5.41 Å². The highest BCUT2D eigenvalue weighted by Crippen LogP contribution is 2.37. The Hall–Kier alpha value is -1.10. The van der Waals surface area contributed by atoms with Gasteiger partial charge in [-0.15, -0.1) is 0 Å². The lowest BCUT2D eigenvalue weighted by atomic mass is 9.83. The van der Waals surface area contributed by atoms with Gasteiger partial charge in [-0.2, -0.15) is 5.26 Å². The van der Waals surface area contributed by atoms with E-state index in [9.17, 15) is 4.79 Å². The molecule has 2 nitrogen and oxygen atoms in total. The summed E-state index contributed by atoms with van der Waals surface area (Å²) in [5.41, 5.74) is -0.675. The first kappa shape index (κ1) is 9.98. The van der Waals surface area contributed by atoms with Crippen LogP contribution in [0, 0.1) is 16.7 Å². The number of hydrogen-bond donors (Lipinski definition) is 0. The standard InChI is InChI=1S/C11H15NO/c1-2-3-4-7-11(9-12)8-5-6-10(11)13/h3-4H,2,5-8H2,1H3/b4-3+. The average Bonchev–Trinajstić information content (AvgIpc) is 2.49. The first-order valence-electron chi connectivity index (χ1n) is 4.85. The van der Waals surface area contributed by atoms with Gasteiger partial charge in [0.2, 0.25) is 0 Å². The fourth-order valence-electron chi connectivity index (χ4n) is 1.76.